The fraction of sp³-hybridized carbons (Fsp3) is 0.588. The molecule has 3 N–H and O–H groups in total. The molecule has 0 heterocycles. The van der Waals surface area contributed by atoms with Crippen LogP contribution in [0.1, 0.15) is 25.3 Å². The molecule has 0 bridgehead atoms. The van der Waals surface area contributed by atoms with E-state index < -0.39 is 0 Å². The summed E-state index contributed by atoms with van der Waals surface area (Å²) in [6, 6.07) is 5.74. The number of aliphatic imine (C=N–C) groups is 1. The van der Waals surface area contributed by atoms with Crippen LogP contribution in [0.3, 0.4) is 0 Å². The van der Waals surface area contributed by atoms with E-state index in [1.807, 2.05) is 18.2 Å². The number of nitrogens with zero attached hydrogens (tertiary/aromatic N) is 2. The van der Waals surface area contributed by atoms with Crippen molar-refractivity contribution >= 4 is 29.9 Å². The number of unbranched alkanes of at least 4 members (excludes halogenated alkanes) is 1. The highest BCUT2D eigenvalue weighted by Crippen LogP contribution is 2.27. The van der Waals surface area contributed by atoms with Gasteiger partial charge in [0.05, 0.1) is 20.8 Å². The predicted molar refractivity (Wildman–Crippen MR) is 111 cm³/mol. The summed E-state index contributed by atoms with van der Waals surface area (Å²) in [5, 5.41) is 3.14. The molecule has 0 fully saturated rings. The average Bonchev–Trinajstić information content (AvgIpc) is 2.57. The van der Waals surface area contributed by atoms with E-state index in [1.165, 1.54) is 12.8 Å². The molecule has 1 rings (SSSR count). The third-order valence-corrected chi connectivity index (χ3v) is 3.57. The number of hydrogen-bond acceptors (Lipinski definition) is 4. The Hall–Kier alpha value is -1.22. The van der Waals surface area contributed by atoms with Gasteiger partial charge in [-0.25, -0.2) is 4.99 Å². The van der Waals surface area contributed by atoms with Gasteiger partial charge in [0.2, 0.25) is 0 Å². The van der Waals surface area contributed by atoms with E-state index in [0.717, 1.165) is 25.2 Å². The monoisotopic (exact) mass is 450 g/mol. The number of halogens is 1. The summed E-state index contributed by atoms with van der Waals surface area (Å²) in [4.78, 5) is 6.64. The van der Waals surface area contributed by atoms with Gasteiger partial charge in [-0.2, -0.15) is 0 Å². The van der Waals surface area contributed by atoms with E-state index in [1.54, 1.807) is 14.2 Å². The van der Waals surface area contributed by atoms with Crippen LogP contribution in [0, 0.1) is 0 Å². The zero-order chi connectivity index (χ0) is 17.1. The molecule has 0 saturated carbocycles. The number of nitrogens with two attached hydrogens (primary N) is 1. The molecule has 0 aromatic heterocycles. The van der Waals surface area contributed by atoms with Crippen molar-refractivity contribution in [3.8, 4) is 11.5 Å². The third kappa shape index (κ3) is 8.58. The highest BCUT2D eigenvalue weighted by Gasteiger charge is 2.04. The lowest BCUT2D eigenvalue weighted by Gasteiger charge is -2.16. The maximum absolute atomic E-state index is 5.90. The molecule has 0 saturated heterocycles. The quantitative estimate of drug-likeness (QED) is 0.326. The van der Waals surface area contributed by atoms with Crippen LogP contribution in [-0.2, 0) is 6.54 Å². The highest BCUT2D eigenvalue weighted by molar-refractivity contribution is 14.0. The maximum Gasteiger partial charge on any atom is 0.188 e. The lowest BCUT2D eigenvalue weighted by molar-refractivity contribution is 0.332. The molecule has 0 spiro atoms. The van der Waals surface area contributed by atoms with Crippen molar-refractivity contribution in [2.24, 2.45) is 10.7 Å². The van der Waals surface area contributed by atoms with E-state index in [-0.39, 0.29) is 24.0 Å². The van der Waals surface area contributed by atoms with Crippen LogP contribution in [0.25, 0.3) is 0 Å². The van der Waals surface area contributed by atoms with Gasteiger partial charge >= 0.3 is 0 Å². The first-order chi connectivity index (χ1) is 11.1. The van der Waals surface area contributed by atoms with Crippen molar-refractivity contribution in [3.63, 3.8) is 0 Å². The molecular formula is C17H31IN4O2. The number of hydrogen-bond donors (Lipinski definition) is 2. The zero-order valence-corrected chi connectivity index (χ0v) is 17.5. The van der Waals surface area contributed by atoms with E-state index >= 15 is 0 Å². The van der Waals surface area contributed by atoms with Crippen molar-refractivity contribution in [3.05, 3.63) is 23.8 Å². The normalized spacial score (nSPS) is 11.1. The first kappa shape index (κ1) is 22.8. The molecular weight excluding hydrogens is 419 g/mol. The molecule has 0 aliphatic heterocycles. The Labute approximate surface area is 162 Å². The topological polar surface area (TPSA) is 72.1 Å². The molecule has 1 aromatic rings. The van der Waals surface area contributed by atoms with Crippen molar-refractivity contribution in [2.45, 2.75) is 26.3 Å². The Morgan fingerprint density at radius 1 is 1.21 bits per heavy atom. The highest BCUT2D eigenvalue weighted by atomic mass is 127. The van der Waals surface area contributed by atoms with E-state index in [0.29, 0.717) is 24.0 Å². The molecule has 138 valence electrons. The SMILES string of the molecule is CCCCN(C)CCNC(N)=NCc1ccc(OC)c(OC)c1.I. The van der Waals surface area contributed by atoms with Gasteiger partial charge in [-0.3, -0.25) is 0 Å². The minimum atomic E-state index is 0. The van der Waals surface area contributed by atoms with Crippen LogP contribution < -0.4 is 20.5 Å². The molecule has 0 aliphatic rings. The van der Waals surface area contributed by atoms with Crippen LogP contribution in [0.5, 0.6) is 11.5 Å². The molecule has 24 heavy (non-hydrogen) atoms. The maximum atomic E-state index is 5.90. The van der Waals surface area contributed by atoms with Crippen molar-refractivity contribution in [2.75, 3.05) is 40.9 Å². The second-order valence-corrected chi connectivity index (χ2v) is 5.47. The number of ether oxygens (including phenoxy) is 2. The van der Waals surface area contributed by atoms with Gasteiger partial charge in [-0.1, -0.05) is 19.4 Å². The summed E-state index contributed by atoms with van der Waals surface area (Å²) >= 11 is 0. The van der Waals surface area contributed by atoms with Gasteiger partial charge < -0.3 is 25.4 Å². The molecule has 0 unspecified atom stereocenters. The summed E-state index contributed by atoms with van der Waals surface area (Å²) in [5.74, 6) is 1.87. The van der Waals surface area contributed by atoms with Gasteiger partial charge in [0, 0.05) is 13.1 Å². The largest absolute Gasteiger partial charge is 0.493 e. The van der Waals surface area contributed by atoms with Crippen LogP contribution in [0.15, 0.2) is 23.2 Å². The lowest BCUT2D eigenvalue weighted by Crippen LogP contribution is -2.37. The second kappa shape index (κ2) is 13.1. The van der Waals surface area contributed by atoms with Crippen LogP contribution in [0.2, 0.25) is 0 Å². The van der Waals surface area contributed by atoms with E-state index in [9.17, 15) is 0 Å². The zero-order valence-electron chi connectivity index (χ0n) is 15.2. The van der Waals surface area contributed by atoms with E-state index in [4.69, 9.17) is 15.2 Å². The fourth-order valence-corrected chi connectivity index (χ4v) is 2.13. The van der Waals surface area contributed by atoms with Crippen LogP contribution >= 0.6 is 24.0 Å². The molecule has 0 aliphatic carbocycles. The Morgan fingerprint density at radius 2 is 1.92 bits per heavy atom. The predicted octanol–water partition coefficient (Wildman–Crippen LogP) is 2.46. The van der Waals surface area contributed by atoms with Crippen LogP contribution in [-0.4, -0.2) is 51.8 Å². The van der Waals surface area contributed by atoms with Crippen molar-refractivity contribution in [1.82, 2.24) is 10.2 Å². The van der Waals surface area contributed by atoms with Crippen LogP contribution in [0.4, 0.5) is 0 Å². The van der Waals surface area contributed by atoms with Crippen molar-refractivity contribution in [1.29, 1.82) is 0 Å². The molecule has 0 amide bonds. The van der Waals surface area contributed by atoms with Gasteiger partial charge in [-0.05, 0) is 37.7 Å². The number of rotatable bonds is 10. The van der Waals surface area contributed by atoms with Gasteiger partial charge in [0.15, 0.2) is 17.5 Å². The van der Waals surface area contributed by atoms with E-state index in [2.05, 4.69) is 29.2 Å². The number of likely N-dealkylation sites (N-methyl/N-ethyl adjacent to an activating group) is 1. The second-order valence-electron chi connectivity index (χ2n) is 5.47. The standard InChI is InChI=1S/C17H30N4O2.HI/c1-5-6-10-21(2)11-9-19-17(18)20-13-14-7-8-15(22-3)16(12-14)23-4;/h7-8,12H,5-6,9-11,13H2,1-4H3,(H3,18,19,20);1H. The molecule has 0 radical (unpaired) electrons. The number of methoxy groups -OCH3 is 2. The smallest absolute Gasteiger partial charge is 0.188 e. The number of nitrogens with one attached hydrogen (secondary N) is 1. The average molecular weight is 450 g/mol. The third-order valence-electron chi connectivity index (χ3n) is 3.57. The molecule has 7 heteroatoms. The Bertz CT molecular complexity index is 497. The van der Waals surface area contributed by atoms with Gasteiger partial charge in [0.1, 0.15) is 0 Å². The Morgan fingerprint density at radius 3 is 2.54 bits per heavy atom. The minimum absolute atomic E-state index is 0. The summed E-state index contributed by atoms with van der Waals surface area (Å²) in [6.07, 6.45) is 2.44. The molecule has 1 aromatic carbocycles. The summed E-state index contributed by atoms with van der Waals surface area (Å²) in [5.41, 5.74) is 6.92. The minimum Gasteiger partial charge on any atom is -0.493 e. The number of benzene rings is 1. The first-order valence-electron chi connectivity index (χ1n) is 8.04. The van der Waals surface area contributed by atoms with Gasteiger partial charge in [-0.15, -0.1) is 24.0 Å². The summed E-state index contributed by atoms with van der Waals surface area (Å²) in [7, 11) is 5.36. The summed E-state index contributed by atoms with van der Waals surface area (Å²) in [6.45, 7) is 5.56. The van der Waals surface area contributed by atoms with Gasteiger partial charge in [0.25, 0.3) is 0 Å². The Kier molecular flexibility index (Phi) is 12.4. The Balaban J connectivity index is 0.00000529. The van der Waals surface area contributed by atoms with Crippen molar-refractivity contribution < 1.29 is 9.47 Å². The lowest BCUT2D eigenvalue weighted by atomic mass is 10.2. The fourth-order valence-electron chi connectivity index (χ4n) is 2.13. The molecule has 6 nitrogen and oxygen atoms in total. The number of guanidine groups is 1. The first-order valence-corrected chi connectivity index (χ1v) is 8.04. The molecule has 0 atom stereocenters. The summed E-state index contributed by atoms with van der Waals surface area (Å²) < 4.78 is 10.5.